The lowest BCUT2D eigenvalue weighted by atomic mass is 10.2. The molecule has 0 bridgehead atoms. The van der Waals surface area contributed by atoms with Gasteiger partial charge in [-0.15, -0.1) is 0 Å². The zero-order valence-electron chi connectivity index (χ0n) is 13.5. The average molecular weight is 327 g/mol. The van der Waals surface area contributed by atoms with E-state index in [1.54, 1.807) is 0 Å². The molecule has 0 unspecified atom stereocenters. The standard InChI is InChI=1S/C15H21NO7/c1-9(2)15(21)16-12(7-22-13(19)5-10(3)17)8-23-14(20)6-11(4)18/h12H,1,5-8H2,2-4H3,(H,16,21). The van der Waals surface area contributed by atoms with Crippen LogP contribution in [0.15, 0.2) is 12.2 Å². The van der Waals surface area contributed by atoms with Crippen molar-refractivity contribution in [3.05, 3.63) is 12.2 Å². The van der Waals surface area contributed by atoms with Gasteiger partial charge in [0.1, 0.15) is 37.6 Å². The topological polar surface area (TPSA) is 116 Å². The van der Waals surface area contributed by atoms with Crippen molar-refractivity contribution in [3.8, 4) is 0 Å². The van der Waals surface area contributed by atoms with Crippen LogP contribution in [0.4, 0.5) is 0 Å². The summed E-state index contributed by atoms with van der Waals surface area (Å²) in [5.41, 5.74) is 0.222. The van der Waals surface area contributed by atoms with Crippen molar-refractivity contribution in [2.45, 2.75) is 39.7 Å². The third-order valence-electron chi connectivity index (χ3n) is 2.40. The Balaban J connectivity index is 4.55. The number of carbonyl (C=O) groups excluding carboxylic acids is 5. The van der Waals surface area contributed by atoms with Crippen LogP contribution in [0.1, 0.15) is 33.6 Å². The molecule has 0 aliphatic carbocycles. The van der Waals surface area contributed by atoms with Crippen LogP contribution in [-0.4, -0.2) is 48.7 Å². The van der Waals surface area contributed by atoms with E-state index in [9.17, 15) is 24.0 Å². The van der Waals surface area contributed by atoms with E-state index in [0.29, 0.717) is 0 Å². The molecule has 0 rings (SSSR count). The van der Waals surface area contributed by atoms with Gasteiger partial charge in [0.05, 0.1) is 6.04 Å². The summed E-state index contributed by atoms with van der Waals surface area (Å²) in [6.07, 6.45) is -0.767. The molecule has 23 heavy (non-hydrogen) atoms. The maximum Gasteiger partial charge on any atom is 0.313 e. The van der Waals surface area contributed by atoms with E-state index in [4.69, 9.17) is 9.47 Å². The van der Waals surface area contributed by atoms with Crippen LogP contribution >= 0.6 is 0 Å². The highest BCUT2D eigenvalue weighted by Crippen LogP contribution is 1.98. The number of ketones is 2. The Morgan fingerprint density at radius 2 is 1.26 bits per heavy atom. The molecule has 0 saturated heterocycles. The number of esters is 2. The Bertz CT molecular complexity index is 478. The average Bonchev–Trinajstić information content (AvgIpc) is 2.39. The van der Waals surface area contributed by atoms with Crippen LogP contribution in [0.5, 0.6) is 0 Å². The monoisotopic (exact) mass is 327 g/mol. The molecule has 0 aromatic rings. The van der Waals surface area contributed by atoms with E-state index >= 15 is 0 Å². The first-order chi connectivity index (χ1) is 10.6. The summed E-state index contributed by atoms with van der Waals surface area (Å²) in [6, 6.07) is -0.814. The lowest BCUT2D eigenvalue weighted by molar-refractivity contribution is -0.149. The molecule has 0 aromatic carbocycles. The fourth-order valence-corrected chi connectivity index (χ4v) is 1.34. The van der Waals surface area contributed by atoms with Gasteiger partial charge in [0.2, 0.25) is 5.91 Å². The second-order valence-electron chi connectivity index (χ2n) is 5.07. The van der Waals surface area contributed by atoms with Gasteiger partial charge in [0, 0.05) is 5.57 Å². The van der Waals surface area contributed by atoms with Crippen molar-refractivity contribution >= 4 is 29.4 Å². The summed E-state index contributed by atoms with van der Waals surface area (Å²) in [5.74, 6) is -2.71. The minimum Gasteiger partial charge on any atom is -0.463 e. The van der Waals surface area contributed by atoms with Crippen LogP contribution < -0.4 is 5.32 Å². The number of hydrogen-bond donors (Lipinski definition) is 1. The molecule has 0 heterocycles. The highest BCUT2D eigenvalue weighted by molar-refractivity contribution is 5.95. The van der Waals surface area contributed by atoms with Gasteiger partial charge in [-0.1, -0.05) is 6.58 Å². The fourth-order valence-electron chi connectivity index (χ4n) is 1.34. The lowest BCUT2D eigenvalue weighted by Gasteiger charge is -2.18. The quantitative estimate of drug-likeness (QED) is 0.343. The van der Waals surface area contributed by atoms with Crippen LogP contribution in [-0.2, 0) is 33.4 Å². The molecular formula is C15H21NO7. The maximum absolute atomic E-state index is 11.6. The second-order valence-corrected chi connectivity index (χ2v) is 5.07. The van der Waals surface area contributed by atoms with E-state index < -0.39 is 23.9 Å². The molecule has 8 nitrogen and oxygen atoms in total. The molecule has 0 radical (unpaired) electrons. The van der Waals surface area contributed by atoms with Gasteiger partial charge in [-0.2, -0.15) is 0 Å². The van der Waals surface area contributed by atoms with Gasteiger partial charge in [-0.3, -0.25) is 24.0 Å². The molecular weight excluding hydrogens is 306 g/mol. The normalized spacial score (nSPS) is 9.91. The van der Waals surface area contributed by atoms with E-state index in [1.165, 1.54) is 20.8 Å². The molecule has 0 aromatic heterocycles. The zero-order chi connectivity index (χ0) is 18.0. The van der Waals surface area contributed by atoms with Gasteiger partial charge >= 0.3 is 11.9 Å². The Morgan fingerprint density at radius 1 is 0.870 bits per heavy atom. The molecule has 1 amide bonds. The molecule has 0 aliphatic heterocycles. The number of carbonyl (C=O) groups is 5. The highest BCUT2D eigenvalue weighted by Gasteiger charge is 2.18. The summed E-state index contributed by atoms with van der Waals surface area (Å²) in [5, 5.41) is 2.47. The Labute approximate surface area is 134 Å². The van der Waals surface area contributed by atoms with Crippen LogP contribution in [0.3, 0.4) is 0 Å². The number of ether oxygens (including phenoxy) is 2. The predicted octanol–water partition coefficient (Wildman–Crippen LogP) is 0.0919. The van der Waals surface area contributed by atoms with Crippen LogP contribution in [0.25, 0.3) is 0 Å². The highest BCUT2D eigenvalue weighted by atomic mass is 16.5. The fraction of sp³-hybridized carbons (Fsp3) is 0.533. The molecule has 0 aliphatic rings. The Kier molecular flexibility index (Phi) is 9.14. The molecule has 0 fully saturated rings. The van der Waals surface area contributed by atoms with Gasteiger partial charge in [-0.25, -0.2) is 0 Å². The van der Waals surface area contributed by atoms with Gasteiger partial charge in [-0.05, 0) is 20.8 Å². The van der Waals surface area contributed by atoms with E-state index in [1.807, 2.05) is 0 Å². The SMILES string of the molecule is C=C(C)C(=O)NC(COC(=O)CC(C)=O)COC(=O)CC(C)=O. The largest absolute Gasteiger partial charge is 0.463 e. The molecule has 0 saturated carbocycles. The first-order valence-electron chi connectivity index (χ1n) is 6.88. The number of nitrogens with one attached hydrogen (secondary N) is 1. The van der Waals surface area contributed by atoms with Gasteiger partial charge < -0.3 is 14.8 Å². The van der Waals surface area contributed by atoms with E-state index in [-0.39, 0.29) is 43.2 Å². The third-order valence-corrected chi connectivity index (χ3v) is 2.40. The third kappa shape index (κ3) is 10.8. The minimum absolute atomic E-state index is 0.222. The number of Topliss-reactive ketones (excluding diaryl/α,β-unsaturated/α-hetero) is 2. The summed E-state index contributed by atoms with van der Waals surface area (Å²) in [4.78, 5) is 55.9. The molecule has 1 N–H and O–H groups in total. The maximum atomic E-state index is 11.6. The second kappa shape index (κ2) is 10.3. The van der Waals surface area contributed by atoms with Crippen molar-refractivity contribution in [1.82, 2.24) is 5.32 Å². The first-order valence-corrected chi connectivity index (χ1v) is 6.88. The van der Waals surface area contributed by atoms with E-state index in [2.05, 4.69) is 11.9 Å². The summed E-state index contributed by atoms with van der Waals surface area (Å²) in [7, 11) is 0. The Morgan fingerprint density at radius 3 is 1.57 bits per heavy atom. The smallest absolute Gasteiger partial charge is 0.313 e. The molecule has 8 heteroatoms. The van der Waals surface area contributed by atoms with E-state index in [0.717, 1.165) is 0 Å². The summed E-state index contributed by atoms with van der Waals surface area (Å²) >= 11 is 0. The minimum atomic E-state index is -0.814. The number of amides is 1. The van der Waals surface area contributed by atoms with Crippen molar-refractivity contribution in [3.63, 3.8) is 0 Å². The van der Waals surface area contributed by atoms with Crippen LogP contribution in [0.2, 0.25) is 0 Å². The number of rotatable bonds is 10. The zero-order valence-corrected chi connectivity index (χ0v) is 13.5. The van der Waals surface area contributed by atoms with Crippen molar-refractivity contribution < 1.29 is 33.4 Å². The van der Waals surface area contributed by atoms with Crippen molar-refractivity contribution in [2.24, 2.45) is 0 Å². The Hall–Kier alpha value is -2.51. The first kappa shape index (κ1) is 20.5. The van der Waals surface area contributed by atoms with Crippen molar-refractivity contribution in [1.29, 1.82) is 0 Å². The van der Waals surface area contributed by atoms with Crippen LogP contribution in [0, 0.1) is 0 Å². The predicted molar refractivity (Wildman–Crippen MR) is 79.3 cm³/mol. The lowest BCUT2D eigenvalue weighted by Crippen LogP contribution is -2.43. The summed E-state index contributed by atoms with van der Waals surface area (Å²) in [6.45, 7) is 6.87. The van der Waals surface area contributed by atoms with Gasteiger partial charge in [0.25, 0.3) is 0 Å². The summed E-state index contributed by atoms with van der Waals surface area (Å²) < 4.78 is 9.69. The number of hydrogen-bond acceptors (Lipinski definition) is 7. The van der Waals surface area contributed by atoms with Gasteiger partial charge in [0.15, 0.2) is 0 Å². The molecule has 0 atom stereocenters. The van der Waals surface area contributed by atoms with Crippen molar-refractivity contribution in [2.75, 3.05) is 13.2 Å². The molecule has 128 valence electrons. The molecule has 0 spiro atoms.